The molecule has 6 nitrogen and oxygen atoms in total. The average Bonchev–Trinajstić information content (AvgIpc) is 3.22. The standard InChI is InChI=1S/C22H21FN2O4/c23-16-8-2-1-7-15(16)22(11-5-6-12-22)21(28)29-14-20(27)25-13-19(26)24-17-9-3-4-10-18(17)25/h1-4,7-10H,5-6,11-14H2,(H,24,26). The Morgan fingerprint density at radius 2 is 1.76 bits per heavy atom. The number of anilines is 2. The van der Waals surface area contributed by atoms with Gasteiger partial charge in [0.15, 0.2) is 6.61 Å². The molecule has 4 rings (SSSR count). The minimum atomic E-state index is -1.07. The maximum atomic E-state index is 14.4. The van der Waals surface area contributed by atoms with E-state index < -0.39 is 29.7 Å². The first-order valence-corrected chi connectivity index (χ1v) is 9.63. The van der Waals surface area contributed by atoms with Gasteiger partial charge in [0.05, 0.1) is 16.8 Å². The summed E-state index contributed by atoms with van der Waals surface area (Å²) in [4.78, 5) is 38.9. The molecule has 2 aromatic rings. The Balaban J connectivity index is 1.51. The maximum Gasteiger partial charge on any atom is 0.317 e. The molecule has 150 valence electrons. The summed E-state index contributed by atoms with van der Waals surface area (Å²) < 4.78 is 19.8. The Morgan fingerprint density at radius 1 is 1.07 bits per heavy atom. The van der Waals surface area contributed by atoms with Crippen LogP contribution in [0.15, 0.2) is 48.5 Å². The predicted octanol–water partition coefficient (Wildman–Crippen LogP) is 3.17. The van der Waals surface area contributed by atoms with Gasteiger partial charge in [0.25, 0.3) is 5.91 Å². The van der Waals surface area contributed by atoms with Gasteiger partial charge in [0.2, 0.25) is 5.91 Å². The molecule has 1 saturated carbocycles. The van der Waals surface area contributed by atoms with E-state index >= 15 is 0 Å². The van der Waals surface area contributed by atoms with Crippen molar-refractivity contribution in [1.29, 1.82) is 0 Å². The van der Waals surface area contributed by atoms with Gasteiger partial charge in [-0.05, 0) is 31.0 Å². The van der Waals surface area contributed by atoms with Crippen LogP contribution in [0.2, 0.25) is 0 Å². The zero-order valence-corrected chi connectivity index (χ0v) is 15.8. The lowest BCUT2D eigenvalue weighted by molar-refractivity contribution is -0.154. The van der Waals surface area contributed by atoms with Gasteiger partial charge in [-0.15, -0.1) is 0 Å². The highest BCUT2D eigenvalue weighted by Gasteiger charge is 2.46. The molecule has 7 heteroatoms. The number of fused-ring (bicyclic) bond motifs is 1. The normalized spacial score (nSPS) is 17.4. The van der Waals surface area contributed by atoms with Gasteiger partial charge < -0.3 is 10.1 Å². The summed E-state index contributed by atoms with van der Waals surface area (Å²) in [5.41, 5.74) is 0.334. The molecule has 1 N–H and O–H groups in total. The number of amides is 2. The Kier molecular flexibility index (Phi) is 5.05. The van der Waals surface area contributed by atoms with Crippen molar-refractivity contribution in [1.82, 2.24) is 0 Å². The number of rotatable bonds is 4. The number of para-hydroxylation sites is 2. The first kappa shape index (κ1) is 19.1. The van der Waals surface area contributed by atoms with Crippen LogP contribution in [-0.4, -0.2) is 30.9 Å². The van der Waals surface area contributed by atoms with Gasteiger partial charge >= 0.3 is 5.97 Å². The van der Waals surface area contributed by atoms with Gasteiger partial charge in [-0.25, -0.2) is 4.39 Å². The zero-order valence-electron chi connectivity index (χ0n) is 15.8. The molecule has 2 aliphatic rings. The number of esters is 1. The lowest BCUT2D eigenvalue weighted by Crippen LogP contribution is -2.45. The predicted molar refractivity (Wildman–Crippen MR) is 105 cm³/mol. The fraction of sp³-hybridized carbons (Fsp3) is 0.318. The van der Waals surface area contributed by atoms with E-state index in [4.69, 9.17) is 4.74 Å². The molecule has 0 unspecified atom stereocenters. The average molecular weight is 396 g/mol. The molecule has 1 fully saturated rings. The Morgan fingerprint density at radius 3 is 2.52 bits per heavy atom. The second-order valence-electron chi connectivity index (χ2n) is 7.39. The monoisotopic (exact) mass is 396 g/mol. The van der Waals surface area contributed by atoms with Gasteiger partial charge in [0, 0.05) is 5.56 Å². The molecule has 0 spiro atoms. The van der Waals surface area contributed by atoms with Crippen molar-refractivity contribution in [3.05, 3.63) is 59.9 Å². The minimum absolute atomic E-state index is 0.147. The summed E-state index contributed by atoms with van der Waals surface area (Å²) in [6, 6.07) is 13.1. The van der Waals surface area contributed by atoms with E-state index in [0.717, 1.165) is 12.8 Å². The van der Waals surface area contributed by atoms with E-state index in [1.54, 1.807) is 42.5 Å². The van der Waals surface area contributed by atoms with E-state index in [9.17, 15) is 18.8 Å². The van der Waals surface area contributed by atoms with Gasteiger partial charge in [0.1, 0.15) is 12.4 Å². The highest BCUT2D eigenvalue weighted by Crippen LogP contribution is 2.43. The van der Waals surface area contributed by atoms with Gasteiger partial charge in [-0.1, -0.05) is 43.2 Å². The highest BCUT2D eigenvalue weighted by molar-refractivity contribution is 6.10. The highest BCUT2D eigenvalue weighted by atomic mass is 19.1. The number of halogens is 1. The maximum absolute atomic E-state index is 14.4. The van der Waals surface area contributed by atoms with Crippen molar-refractivity contribution in [3.63, 3.8) is 0 Å². The number of carbonyl (C=O) groups is 3. The Bertz CT molecular complexity index is 969. The number of ether oxygens (including phenoxy) is 1. The summed E-state index contributed by atoms with van der Waals surface area (Å²) in [6.45, 7) is -0.650. The third kappa shape index (κ3) is 3.48. The summed E-state index contributed by atoms with van der Waals surface area (Å²) >= 11 is 0. The Labute approximate surface area is 167 Å². The summed E-state index contributed by atoms with van der Waals surface area (Å²) in [7, 11) is 0. The van der Waals surface area contributed by atoms with Crippen LogP contribution in [0.1, 0.15) is 31.2 Å². The van der Waals surface area contributed by atoms with Crippen LogP contribution in [0.3, 0.4) is 0 Å². The zero-order chi connectivity index (χ0) is 20.4. The van der Waals surface area contributed by atoms with E-state index in [0.29, 0.717) is 29.8 Å². The number of hydrogen-bond acceptors (Lipinski definition) is 4. The molecule has 0 radical (unpaired) electrons. The third-order valence-corrected chi connectivity index (χ3v) is 5.64. The van der Waals surface area contributed by atoms with Crippen LogP contribution in [0.4, 0.5) is 15.8 Å². The van der Waals surface area contributed by atoms with Gasteiger partial charge in [-0.2, -0.15) is 0 Å². The number of carbonyl (C=O) groups excluding carboxylic acids is 3. The van der Waals surface area contributed by atoms with Crippen molar-refractivity contribution in [2.24, 2.45) is 0 Å². The summed E-state index contributed by atoms with van der Waals surface area (Å²) in [5, 5.41) is 2.71. The first-order valence-electron chi connectivity index (χ1n) is 9.63. The van der Waals surface area contributed by atoms with Crippen LogP contribution >= 0.6 is 0 Å². The quantitative estimate of drug-likeness (QED) is 0.806. The molecule has 29 heavy (non-hydrogen) atoms. The summed E-state index contributed by atoms with van der Waals surface area (Å²) in [6.07, 6.45) is 2.54. The molecule has 2 amide bonds. The molecule has 1 aliphatic carbocycles. The first-order chi connectivity index (χ1) is 14.0. The van der Waals surface area contributed by atoms with Crippen molar-refractivity contribution >= 4 is 29.2 Å². The van der Waals surface area contributed by atoms with Crippen molar-refractivity contribution in [3.8, 4) is 0 Å². The van der Waals surface area contributed by atoms with E-state index in [2.05, 4.69) is 5.32 Å². The smallest absolute Gasteiger partial charge is 0.317 e. The van der Waals surface area contributed by atoms with Crippen LogP contribution in [0, 0.1) is 5.82 Å². The molecule has 0 atom stereocenters. The summed E-state index contributed by atoms with van der Waals surface area (Å²) in [5.74, 6) is -1.85. The van der Waals surface area contributed by atoms with Crippen molar-refractivity contribution in [2.75, 3.05) is 23.4 Å². The van der Waals surface area contributed by atoms with Gasteiger partial charge in [-0.3, -0.25) is 19.3 Å². The SMILES string of the molecule is O=C1CN(C(=O)COC(=O)C2(c3ccccc3F)CCCC2)c2ccccc2N1. The van der Waals surface area contributed by atoms with E-state index in [-0.39, 0.29) is 12.5 Å². The van der Waals surface area contributed by atoms with Crippen molar-refractivity contribution in [2.45, 2.75) is 31.1 Å². The molecule has 0 saturated heterocycles. The minimum Gasteiger partial charge on any atom is -0.455 e. The fourth-order valence-electron chi connectivity index (χ4n) is 4.21. The lowest BCUT2D eigenvalue weighted by atomic mass is 9.78. The van der Waals surface area contributed by atoms with Crippen LogP contribution in [0.5, 0.6) is 0 Å². The number of hydrogen-bond donors (Lipinski definition) is 1. The second kappa shape index (κ2) is 7.66. The van der Waals surface area contributed by atoms with E-state index in [1.165, 1.54) is 11.0 Å². The topological polar surface area (TPSA) is 75.7 Å². The number of nitrogens with zero attached hydrogens (tertiary/aromatic N) is 1. The molecule has 1 aliphatic heterocycles. The molecule has 2 aromatic carbocycles. The number of benzene rings is 2. The molecular formula is C22H21FN2O4. The van der Waals surface area contributed by atoms with Crippen LogP contribution < -0.4 is 10.2 Å². The van der Waals surface area contributed by atoms with E-state index in [1.807, 2.05) is 0 Å². The lowest BCUT2D eigenvalue weighted by Gasteiger charge is -2.30. The molecular weight excluding hydrogens is 375 g/mol. The van der Waals surface area contributed by atoms with Crippen molar-refractivity contribution < 1.29 is 23.5 Å². The largest absolute Gasteiger partial charge is 0.455 e. The molecule has 0 aromatic heterocycles. The number of nitrogens with one attached hydrogen (secondary N) is 1. The molecule has 0 bridgehead atoms. The fourth-order valence-corrected chi connectivity index (χ4v) is 4.21. The van der Waals surface area contributed by atoms with Crippen LogP contribution in [0.25, 0.3) is 0 Å². The molecule has 1 heterocycles. The second-order valence-corrected chi connectivity index (χ2v) is 7.39. The Hall–Kier alpha value is -3.22. The third-order valence-electron chi connectivity index (χ3n) is 5.64. The van der Waals surface area contributed by atoms with Crippen LogP contribution in [-0.2, 0) is 24.5 Å².